The van der Waals surface area contributed by atoms with Gasteiger partial charge in [-0.15, -0.1) is 0 Å². The molecule has 5 rings (SSSR count). The van der Waals surface area contributed by atoms with Crippen molar-refractivity contribution in [2.75, 3.05) is 0 Å². The van der Waals surface area contributed by atoms with E-state index in [1.807, 2.05) is 0 Å². The molecule has 0 aliphatic heterocycles. The summed E-state index contributed by atoms with van der Waals surface area (Å²) in [5.74, 6) is 1.99. The van der Waals surface area contributed by atoms with Crippen LogP contribution in [-0.2, 0) is 4.79 Å². The molecule has 3 nitrogen and oxygen atoms in total. The van der Waals surface area contributed by atoms with Crippen LogP contribution in [0.1, 0.15) is 113 Å². The summed E-state index contributed by atoms with van der Waals surface area (Å²) in [5.41, 5.74) is 1.26. The Labute approximate surface area is 214 Å². The quantitative estimate of drug-likeness (QED) is 0.403. The van der Waals surface area contributed by atoms with Crippen molar-refractivity contribution in [1.82, 2.24) is 0 Å². The number of aliphatic hydroxyl groups is 1. The molecule has 0 aromatic carbocycles. The predicted molar refractivity (Wildman–Crippen MR) is 142 cm³/mol. The highest BCUT2D eigenvalue weighted by molar-refractivity contribution is 5.76. The average Bonchev–Trinajstić information content (AvgIpc) is 3.19. The lowest BCUT2D eigenvalue weighted by atomic mass is 9.31. The summed E-state index contributed by atoms with van der Waals surface area (Å²) in [6, 6.07) is 0. The van der Waals surface area contributed by atoms with Crippen LogP contribution in [0.15, 0.2) is 12.2 Å². The first-order chi connectivity index (χ1) is 16.2. The van der Waals surface area contributed by atoms with E-state index in [0.717, 1.165) is 38.5 Å². The summed E-state index contributed by atoms with van der Waals surface area (Å²) in [6.07, 6.45) is 10.6. The maximum atomic E-state index is 13.1. The van der Waals surface area contributed by atoms with E-state index in [1.165, 1.54) is 31.3 Å². The molecular formula is C32H52O3. The molecule has 1 unspecified atom stereocenters. The molecule has 11 atom stereocenters. The van der Waals surface area contributed by atoms with Crippen LogP contribution in [0.4, 0.5) is 0 Å². The highest BCUT2D eigenvalue weighted by Gasteiger charge is 2.73. The third kappa shape index (κ3) is 2.97. The Morgan fingerprint density at radius 1 is 0.914 bits per heavy atom. The molecule has 198 valence electrons. The Balaban J connectivity index is 1.61. The number of fused-ring (bicyclic) bond motifs is 7. The minimum atomic E-state index is -0.566. The van der Waals surface area contributed by atoms with Crippen LogP contribution in [0.25, 0.3) is 0 Å². The molecule has 5 aliphatic carbocycles. The van der Waals surface area contributed by atoms with Crippen LogP contribution in [0.2, 0.25) is 0 Å². The summed E-state index contributed by atoms with van der Waals surface area (Å²) in [4.78, 5) is 13.1. The molecule has 0 radical (unpaired) electrons. The van der Waals surface area contributed by atoms with Gasteiger partial charge in [-0.3, -0.25) is 4.79 Å². The molecule has 5 saturated carbocycles. The van der Waals surface area contributed by atoms with Gasteiger partial charge in [0, 0.05) is 0 Å². The Kier molecular flexibility index (Phi) is 5.78. The number of carboxylic acids is 1. The molecule has 0 saturated heterocycles. The van der Waals surface area contributed by atoms with Crippen molar-refractivity contribution >= 4 is 5.97 Å². The Morgan fingerprint density at radius 2 is 1.60 bits per heavy atom. The molecular weight excluding hydrogens is 432 g/mol. The van der Waals surface area contributed by atoms with Gasteiger partial charge in [0.25, 0.3) is 0 Å². The normalized spacial score (nSPS) is 54.7. The van der Waals surface area contributed by atoms with E-state index < -0.39 is 11.4 Å². The first-order valence-corrected chi connectivity index (χ1v) is 14.8. The minimum absolute atomic E-state index is 0.0282. The average molecular weight is 485 g/mol. The van der Waals surface area contributed by atoms with Crippen molar-refractivity contribution in [3.63, 3.8) is 0 Å². The van der Waals surface area contributed by atoms with Gasteiger partial charge in [0.2, 0.25) is 0 Å². The zero-order valence-corrected chi connectivity index (χ0v) is 23.6. The first kappa shape index (κ1) is 25.8. The van der Waals surface area contributed by atoms with Gasteiger partial charge in [0.1, 0.15) is 0 Å². The zero-order chi connectivity index (χ0) is 25.8. The number of carboxylic acid groups (broad SMARTS) is 1. The monoisotopic (exact) mass is 484 g/mol. The number of rotatable bonds is 3. The fourth-order valence-electron chi connectivity index (χ4n) is 12.3. The van der Waals surface area contributed by atoms with Gasteiger partial charge in [-0.25, -0.2) is 0 Å². The summed E-state index contributed by atoms with van der Waals surface area (Å²) in [7, 11) is 0. The van der Waals surface area contributed by atoms with Crippen molar-refractivity contribution < 1.29 is 15.0 Å². The number of carbonyl (C=O) groups is 1. The maximum Gasteiger partial charge on any atom is 0.310 e. The van der Waals surface area contributed by atoms with E-state index in [4.69, 9.17) is 0 Å². The third-order valence-corrected chi connectivity index (χ3v) is 14.2. The first-order valence-electron chi connectivity index (χ1n) is 14.8. The Hall–Kier alpha value is -0.830. The lowest BCUT2D eigenvalue weighted by Gasteiger charge is -2.73. The molecule has 0 spiro atoms. The highest BCUT2D eigenvalue weighted by atomic mass is 16.4. The highest BCUT2D eigenvalue weighted by Crippen LogP contribution is 2.78. The van der Waals surface area contributed by atoms with Crippen LogP contribution >= 0.6 is 0 Å². The second kappa shape index (κ2) is 7.84. The van der Waals surface area contributed by atoms with Gasteiger partial charge in [-0.1, -0.05) is 60.1 Å². The molecule has 2 N–H and O–H groups in total. The standard InChI is InChI=1S/C32H52O3/c1-9-20-18-31(8)22(26-21(19(2)3)12-17-32(20,26)27(34)35)10-11-24-29(6)15-14-25(33)28(4,5)23(29)13-16-30(24,31)7/h20-26,33H,2,9-18H2,1,3-8H3,(H,34,35)/t20?,21-,22+,23-,24+,25-,26+,29-,30+,31+,32-/m0/s1. The molecule has 0 amide bonds. The molecule has 0 bridgehead atoms. The minimum Gasteiger partial charge on any atom is -0.481 e. The largest absolute Gasteiger partial charge is 0.481 e. The van der Waals surface area contributed by atoms with Gasteiger partial charge >= 0.3 is 5.97 Å². The molecule has 5 aliphatic rings. The van der Waals surface area contributed by atoms with E-state index in [2.05, 4.69) is 55.0 Å². The van der Waals surface area contributed by atoms with Crippen LogP contribution in [0.5, 0.6) is 0 Å². The fourth-order valence-corrected chi connectivity index (χ4v) is 12.3. The van der Waals surface area contributed by atoms with Crippen LogP contribution < -0.4 is 0 Å². The lowest BCUT2D eigenvalue weighted by Crippen LogP contribution is -2.68. The topological polar surface area (TPSA) is 57.5 Å². The number of aliphatic carboxylic acids is 1. The smallest absolute Gasteiger partial charge is 0.310 e. The zero-order valence-electron chi connectivity index (χ0n) is 23.6. The fraction of sp³-hybridized carbons (Fsp3) is 0.906. The Bertz CT molecular complexity index is 906. The predicted octanol–water partition coefficient (Wildman–Crippen LogP) is 7.73. The number of allylic oxidation sites excluding steroid dienone is 1. The van der Waals surface area contributed by atoms with E-state index in [-0.39, 0.29) is 39.6 Å². The molecule has 0 heterocycles. The summed E-state index contributed by atoms with van der Waals surface area (Å²) in [5, 5.41) is 21.8. The van der Waals surface area contributed by atoms with Crippen LogP contribution in [-0.4, -0.2) is 22.3 Å². The van der Waals surface area contributed by atoms with Crippen LogP contribution in [0, 0.1) is 62.6 Å². The molecule has 3 heteroatoms. The number of hydrogen-bond acceptors (Lipinski definition) is 2. The Morgan fingerprint density at radius 3 is 2.20 bits per heavy atom. The second-order valence-electron chi connectivity index (χ2n) is 15.2. The summed E-state index contributed by atoms with van der Waals surface area (Å²) < 4.78 is 0. The summed E-state index contributed by atoms with van der Waals surface area (Å²) >= 11 is 0. The van der Waals surface area contributed by atoms with E-state index in [9.17, 15) is 15.0 Å². The van der Waals surface area contributed by atoms with Crippen molar-refractivity contribution in [2.45, 2.75) is 119 Å². The molecule has 0 aromatic rings. The van der Waals surface area contributed by atoms with Gasteiger partial charge in [-0.2, -0.15) is 0 Å². The van der Waals surface area contributed by atoms with Crippen molar-refractivity contribution in [3.05, 3.63) is 12.2 Å². The van der Waals surface area contributed by atoms with E-state index in [1.54, 1.807) is 0 Å². The second-order valence-corrected chi connectivity index (χ2v) is 15.2. The summed E-state index contributed by atoms with van der Waals surface area (Å²) in [6.45, 7) is 21.2. The molecule has 35 heavy (non-hydrogen) atoms. The van der Waals surface area contributed by atoms with Crippen LogP contribution in [0.3, 0.4) is 0 Å². The van der Waals surface area contributed by atoms with Crippen molar-refractivity contribution in [3.8, 4) is 0 Å². The lowest BCUT2D eigenvalue weighted by molar-refractivity contribution is -0.257. The van der Waals surface area contributed by atoms with Crippen molar-refractivity contribution in [1.29, 1.82) is 0 Å². The van der Waals surface area contributed by atoms with Gasteiger partial charge in [0.05, 0.1) is 11.5 Å². The maximum absolute atomic E-state index is 13.1. The molecule has 0 aromatic heterocycles. The third-order valence-electron chi connectivity index (χ3n) is 14.2. The number of aliphatic hydroxyl groups excluding tert-OH is 1. The van der Waals surface area contributed by atoms with E-state index >= 15 is 0 Å². The SMILES string of the molecule is C=C(C)[C@@H]1CC[C@]2(C(=O)O)C(CC)C[C@]3(C)[C@H](CC[C@@H]4[C@@]5(C)CC[C@H](O)C(C)(C)[C@@H]5CC[C@]43C)[C@@H]12. The molecule has 5 fully saturated rings. The van der Waals surface area contributed by atoms with E-state index in [0.29, 0.717) is 23.7 Å². The van der Waals surface area contributed by atoms with Gasteiger partial charge in [0.15, 0.2) is 0 Å². The van der Waals surface area contributed by atoms with Gasteiger partial charge < -0.3 is 10.2 Å². The van der Waals surface area contributed by atoms with Crippen molar-refractivity contribution in [2.24, 2.45) is 62.6 Å². The number of hydrogen-bond donors (Lipinski definition) is 2. The van der Waals surface area contributed by atoms with Gasteiger partial charge in [-0.05, 0) is 122 Å².